The maximum absolute atomic E-state index is 12.8. The molecule has 0 aromatic carbocycles. The summed E-state index contributed by atoms with van der Waals surface area (Å²) in [4.78, 5) is 25.2. The Hall–Kier alpha value is -2.52. The topological polar surface area (TPSA) is 83.9 Å². The fourth-order valence-electron chi connectivity index (χ4n) is 3.18. The molecule has 0 N–H and O–H groups in total. The van der Waals surface area contributed by atoms with Gasteiger partial charge in [-0.05, 0) is 54.8 Å². The molecule has 3 aromatic heterocycles. The number of ketones is 1. The predicted octanol–water partition coefficient (Wildman–Crippen LogP) is 2.00. The molecule has 0 aliphatic rings. The van der Waals surface area contributed by atoms with Crippen molar-refractivity contribution >= 4 is 17.1 Å². The first kappa shape index (κ1) is 18.3. The van der Waals surface area contributed by atoms with Gasteiger partial charge in [0.2, 0.25) is 0 Å². The number of Topliss-reactive ketones (excluding diaryl/α,β-unsaturated/α-hetero) is 1. The molecule has 0 fully saturated rings. The molecule has 1 atom stereocenters. The lowest BCUT2D eigenvalue weighted by Gasteiger charge is -2.17. The monoisotopic (exact) mass is 375 g/mol. The summed E-state index contributed by atoms with van der Waals surface area (Å²) in [5, 5.41) is 10.2. The number of carbonyl (C=O) groups excluding carboxylic acids is 1. The normalized spacial score (nSPS) is 12.5. The van der Waals surface area contributed by atoms with Crippen LogP contribution in [0.1, 0.15) is 34.7 Å². The van der Waals surface area contributed by atoms with Gasteiger partial charge in [0.25, 0.3) is 0 Å². The van der Waals surface area contributed by atoms with Crippen LogP contribution in [0.15, 0.2) is 28.4 Å². The standard InChI is InChI=1S/C17H21N5O3S/c1-11-8-14(13(3)21(11)12(2)10-25-4)15(23)9-20-17(24)22(19-18-20)16-6-5-7-26-16/h5-8,12H,9-10H2,1-4H3. The molecule has 138 valence electrons. The first-order valence-corrected chi connectivity index (χ1v) is 9.09. The average Bonchev–Trinajstić information content (AvgIpc) is 3.29. The Morgan fingerprint density at radius 2 is 2.12 bits per heavy atom. The van der Waals surface area contributed by atoms with Gasteiger partial charge in [-0.2, -0.15) is 9.36 Å². The highest BCUT2D eigenvalue weighted by Gasteiger charge is 2.21. The summed E-state index contributed by atoms with van der Waals surface area (Å²) in [5.41, 5.74) is 1.99. The number of ether oxygens (including phenoxy) is 1. The molecule has 3 aromatic rings. The van der Waals surface area contributed by atoms with E-state index in [1.54, 1.807) is 13.2 Å². The minimum Gasteiger partial charge on any atom is -0.383 e. The summed E-state index contributed by atoms with van der Waals surface area (Å²) < 4.78 is 9.57. The molecular formula is C17H21N5O3S. The van der Waals surface area contributed by atoms with Crippen LogP contribution in [0.5, 0.6) is 0 Å². The SMILES string of the molecule is COCC(C)n1c(C)cc(C(=O)Cn2nnn(-c3cccs3)c2=O)c1C. The number of aromatic nitrogens is 5. The van der Waals surface area contributed by atoms with Crippen molar-refractivity contribution in [2.75, 3.05) is 13.7 Å². The molecular weight excluding hydrogens is 354 g/mol. The molecule has 0 aliphatic heterocycles. The third-order valence-electron chi connectivity index (χ3n) is 4.28. The minimum absolute atomic E-state index is 0.115. The molecule has 0 amide bonds. The molecule has 0 saturated heterocycles. The van der Waals surface area contributed by atoms with Crippen molar-refractivity contribution in [3.63, 3.8) is 0 Å². The van der Waals surface area contributed by atoms with Gasteiger partial charge in [0.1, 0.15) is 11.5 Å². The number of hydrogen-bond donors (Lipinski definition) is 0. The van der Waals surface area contributed by atoms with Gasteiger partial charge in [0, 0.05) is 24.1 Å². The first-order valence-electron chi connectivity index (χ1n) is 8.21. The number of methoxy groups -OCH3 is 1. The van der Waals surface area contributed by atoms with Gasteiger partial charge >= 0.3 is 5.69 Å². The number of nitrogens with zero attached hydrogens (tertiary/aromatic N) is 5. The number of aryl methyl sites for hydroxylation is 1. The Morgan fingerprint density at radius 3 is 2.77 bits per heavy atom. The molecule has 8 nitrogen and oxygen atoms in total. The fourth-order valence-corrected chi connectivity index (χ4v) is 3.84. The summed E-state index contributed by atoms with van der Waals surface area (Å²) in [7, 11) is 1.65. The van der Waals surface area contributed by atoms with Crippen LogP contribution >= 0.6 is 11.3 Å². The first-order chi connectivity index (χ1) is 12.4. The molecule has 0 bridgehead atoms. The van der Waals surface area contributed by atoms with Crippen LogP contribution in [-0.4, -0.2) is 43.9 Å². The van der Waals surface area contributed by atoms with Crippen molar-refractivity contribution in [1.82, 2.24) is 24.4 Å². The summed E-state index contributed by atoms with van der Waals surface area (Å²) in [6.45, 7) is 6.30. The number of tetrazole rings is 1. The average molecular weight is 375 g/mol. The highest BCUT2D eigenvalue weighted by Crippen LogP contribution is 2.21. The molecule has 1 unspecified atom stereocenters. The quantitative estimate of drug-likeness (QED) is 0.590. The van der Waals surface area contributed by atoms with Crippen LogP contribution in [0.4, 0.5) is 0 Å². The second kappa shape index (κ2) is 7.38. The van der Waals surface area contributed by atoms with E-state index in [1.165, 1.54) is 16.0 Å². The maximum atomic E-state index is 12.8. The maximum Gasteiger partial charge on any atom is 0.369 e. The van der Waals surface area contributed by atoms with Gasteiger partial charge in [-0.1, -0.05) is 0 Å². The van der Waals surface area contributed by atoms with Crippen LogP contribution in [0, 0.1) is 13.8 Å². The predicted molar refractivity (Wildman–Crippen MR) is 98.3 cm³/mol. The Labute approximate surface area is 154 Å². The van der Waals surface area contributed by atoms with Crippen molar-refractivity contribution in [1.29, 1.82) is 0 Å². The zero-order chi connectivity index (χ0) is 18.8. The van der Waals surface area contributed by atoms with E-state index in [0.29, 0.717) is 17.2 Å². The Morgan fingerprint density at radius 1 is 1.35 bits per heavy atom. The number of rotatable bonds is 7. The van der Waals surface area contributed by atoms with Crippen molar-refractivity contribution in [2.45, 2.75) is 33.4 Å². The molecule has 3 rings (SSSR count). The highest BCUT2D eigenvalue weighted by molar-refractivity contribution is 7.12. The molecule has 0 radical (unpaired) electrons. The number of hydrogen-bond acceptors (Lipinski definition) is 6. The van der Waals surface area contributed by atoms with E-state index < -0.39 is 5.69 Å². The summed E-state index contributed by atoms with van der Waals surface area (Å²) in [6, 6.07) is 5.56. The minimum atomic E-state index is -0.428. The van der Waals surface area contributed by atoms with Gasteiger partial charge in [0.05, 0.1) is 12.6 Å². The molecule has 9 heteroatoms. The van der Waals surface area contributed by atoms with E-state index in [9.17, 15) is 9.59 Å². The lowest BCUT2D eigenvalue weighted by atomic mass is 10.1. The van der Waals surface area contributed by atoms with Gasteiger partial charge in [-0.25, -0.2) is 4.79 Å². The molecule has 26 heavy (non-hydrogen) atoms. The molecule has 0 saturated carbocycles. The van der Waals surface area contributed by atoms with Crippen LogP contribution in [0.25, 0.3) is 5.00 Å². The number of thiophene rings is 1. The second-order valence-corrected chi connectivity index (χ2v) is 7.09. The Kier molecular flexibility index (Phi) is 5.19. The van der Waals surface area contributed by atoms with Crippen LogP contribution in [0.3, 0.4) is 0 Å². The molecule has 0 aliphatic carbocycles. The largest absolute Gasteiger partial charge is 0.383 e. The van der Waals surface area contributed by atoms with Crippen LogP contribution in [0.2, 0.25) is 0 Å². The van der Waals surface area contributed by atoms with Crippen LogP contribution < -0.4 is 5.69 Å². The van der Waals surface area contributed by atoms with E-state index in [4.69, 9.17) is 4.74 Å². The Bertz CT molecular complexity index is 967. The van der Waals surface area contributed by atoms with E-state index in [1.807, 2.05) is 38.3 Å². The lowest BCUT2D eigenvalue weighted by Crippen LogP contribution is -2.27. The summed E-state index contributed by atoms with van der Waals surface area (Å²) >= 11 is 1.38. The van der Waals surface area contributed by atoms with E-state index >= 15 is 0 Å². The van der Waals surface area contributed by atoms with E-state index in [-0.39, 0.29) is 18.4 Å². The molecule has 3 heterocycles. The van der Waals surface area contributed by atoms with Gasteiger partial charge < -0.3 is 9.30 Å². The zero-order valence-corrected chi connectivity index (χ0v) is 16.0. The lowest BCUT2D eigenvalue weighted by molar-refractivity contribution is 0.0964. The van der Waals surface area contributed by atoms with Crippen molar-refractivity contribution < 1.29 is 9.53 Å². The van der Waals surface area contributed by atoms with Crippen molar-refractivity contribution in [2.24, 2.45) is 0 Å². The van der Waals surface area contributed by atoms with E-state index in [0.717, 1.165) is 16.1 Å². The van der Waals surface area contributed by atoms with E-state index in [2.05, 4.69) is 15.0 Å². The van der Waals surface area contributed by atoms with Gasteiger partial charge in [-0.15, -0.1) is 11.3 Å². The molecule has 0 spiro atoms. The Balaban J connectivity index is 1.86. The second-order valence-electron chi connectivity index (χ2n) is 6.16. The summed E-state index contributed by atoms with van der Waals surface area (Å²) in [6.07, 6.45) is 0. The smallest absolute Gasteiger partial charge is 0.369 e. The fraction of sp³-hybridized carbons (Fsp3) is 0.412. The zero-order valence-electron chi connectivity index (χ0n) is 15.2. The van der Waals surface area contributed by atoms with Gasteiger partial charge in [-0.3, -0.25) is 4.79 Å². The van der Waals surface area contributed by atoms with Crippen LogP contribution in [-0.2, 0) is 11.3 Å². The van der Waals surface area contributed by atoms with Crippen molar-refractivity contribution in [3.8, 4) is 5.00 Å². The third-order valence-corrected chi connectivity index (χ3v) is 5.12. The highest BCUT2D eigenvalue weighted by atomic mass is 32.1. The van der Waals surface area contributed by atoms with Gasteiger partial charge in [0.15, 0.2) is 5.78 Å². The van der Waals surface area contributed by atoms with Crippen molar-refractivity contribution in [3.05, 3.63) is 51.0 Å². The third kappa shape index (κ3) is 3.27. The summed E-state index contributed by atoms with van der Waals surface area (Å²) in [5.74, 6) is -0.172. The number of carbonyl (C=O) groups is 1.